The largest absolute Gasteiger partial charge is 0.507 e. The highest BCUT2D eigenvalue weighted by atomic mass is 35.5. The minimum Gasteiger partial charge on any atom is -0.507 e. The summed E-state index contributed by atoms with van der Waals surface area (Å²) >= 11 is 5.84. The molecule has 0 heterocycles. The Hall–Kier alpha value is -3.13. The monoisotopic (exact) mass is 349 g/mol. The number of nitrogens with zero attached hydrogens (tertiary/aromatic N) is 1. The lowest BCUT2D eigenvalue weighted by Gasteiger charge is -2.10. The molecule has 0 aliphatic carbocycles. The van der Waals surface area contributed by atoms with Crippen LogP contribution in [-0.2, 0) is 0 Å². The van der Waals surface area contributed by atoms with Gasteiger partial charge in [-0.15, -0.1) is 0 Å². The molecule has 0 aromatic heterocycles. The predicted octanol–water partition coefficient (Wildman–Crippen LogP) is 2.34. The Bertz CT molecular complexity index is 838. The molecule has 8 nitrogen and oxygen atoms in total. The number of halogens is 1. The number of aromatic hydroxyl groups is 1. The van der Waals surface area contributed by atoms with E-state index in [2.05, 4.69) is 10.9 Å². The fourth-order valence-electron chi connectivity index (χ4n) is 1.89. The second-order valence-corrected chi connectivity index (χ2v) is 5.21. The number of carbonyl (C=O) groups is 2. The van der Waals surface area contributed by atoms with Crippen LogP contribution in [0.25, 0.3) is 0 Å². The Morgan fingerprint density at radius 1 is 1.12 bits per heavy atom. The molecule has 0 saturated carbocycles. The topological polar surface area (TPSA) is 122 Å². The molecule has 3 N–H and O–H groups in total. The van der Waals surface area contributed by atoms with E-state index in [1.54, 1.807) is 19.1 Å². The molecule has 24 heavy (non-hydrogen) atoms. The summed E-state index contributed by atoms with van der Waals surface area (Å²) in [6, 6.07) is 7.93. The second kappa shape index (κ2) is 6.97. The number of nitro groups is 1. The molecule has 0 aliphatic heterocycles. The van der Waals surface area contributed by atoms with E-state index >= 15 is 0 Å². The molecule has 0 saturated heterocycles. The number of nitro benzene ring substituents is 1. The molecular weight excluding hydrogens is 338 g/mol. The summed E-state index contributed by atoms with van der Waals surface area (Å²) < 4.78 is 0. The lowest BCUT2D eigenvalue weighted by atomic mass is 10.1. The lowest BCUT2D eigenvalue weighted by molar-refractivity contribution is -0.384. The van der Waals surface area contributed by atoms with Gasteiger partial charge in [-0.05, 0) is 24.6 Å². The van der Waals surface area contributed by atoms with E-state index in [1.165, 1.54) is 12.1 Å². The first-order valence-electron chi connectivity index (χ1n) is 6.64. The van der Waals surface area contributed by atoms with Gasteiger partial charge in [-0.2, -0.15) is 0 Å². The molecule has 2 rings (SSSR count). The molecular formula is C15H12ClN3O5. The predicted molar refractivity (Wildman–Crippen MR) is 85.9 cm³/mol. The summed E-state index contributed by atoms with van der Waals surface area (Å²) in [5.41, 5.74) is 4.20. The zero-order valence-electron chi connectivity index (χ0n) is 12.4. The first kappa shape index (κ1) is 17.2. The summed E-state index contributed by atoms with van der Waals surface area (Å²) in [6.45, 7) is 1.62. The van der Waals surface area contributed by atoms with Crippen molar-refractivity contribution in [3.05, 3.63) is 68.2 Å². The molecule has 0 unspecified atom stereocenters. The highest BCUT2D eigenvalue weighted by Crippen LogP contribution is 2.22. The maximum Gasteiger partial charge on any atom is 0.273 e. The van der Waals surface area contributed by atoms with Crippen molar-refractivity contribution >= 4 is 29.1 Å². The van der Waals surface area contributed by atoms with Crippen LogP contribution in [0.3, 0.4) is 0 Å². The third-order valence-corrected chi connectivity index (χ3v) is 3.51. The molecule has 0 bridgehead atoms. The van der Waals surface area contributed by atoms with Gasteiger partial charge < -0.3 is 5.11 Å². The number of hydrogen-bond acceptors (Lipinski definition) is 5. The van der Waals surface area contributed by atoms with Crippen molar-refractivity contribution in [2.24, 2.45) is 0 Å². The molecule has 0 atom stereocenters. The second-order valence-electron chi connectivity index (χ2n) is 4.80. The third kappa shape index (κ3) is 3.61. The van der Waals surface area contributed by atoms with Crippen LogP contribution in [0, 0.1) is 17.0 Å². The number of amides is 2. The van der Waals surface area contributed by atoms with Crippen LogP contribution in [0.1, 0.15) is 26.3 Å². The quantitative estimate of drug-likeness (QED) is 0.580. The summed E-state index contributed by atoms with van der Waals surface area (Å²) in [5.74, 6) is -1.78. The Kier molecular flexibility index (Phi) is 5.00. The first-order valence-corrected chi connectivity index (χ1v) is 7.02. The van der Waals surface area contributed by atoms with Crippen molar-refractivity contribution < 1.29 is 19.6 Å². The van der Waals surface area contributed by atoms with Crippen LogP contribution in [-0.4, -0.2) is 21.8 Å². The molecule has 9 heteroatoms. The Morgan fingerprint density at radius 2 is 1.75 bits per heavy atom. The van der Waals surface area contributed by atoms with E-state index < -0.39 is 16.7 Å². The number of benzene rings is 2. The van der Waals surface area contributed by atoms with Crippen molar-refractivity contribution in [3.63, 3.8) is 0 Å². The molecule has 0 radical (unpaired) electrons. The molecule has 2 aromatic carbocycles. The summed E-state index contributed by atoms with van der Waals surface area (Å²) in [5, 5.41) is 20.6. The van der Waals surface area contributed by atoms with E-state index in [-0.39, 0.29) is 27.6 Å². The Labute approximate surface area is 141 Å². The summed E-state index contributed by atoms with van der Waals surface area (Å²) in [4.78, 5) is 34.1. The van der Waals surface area contributed by atoms with E-state index in [9.17, 15) is 24.8 Å². The van der Waals surface area contributed by atoms with Crippen LogP contribution in [0.5, 0.6) is 5.75 Å². The van der Waals surface area contributed by atoms with Gasteiger partial charge in [-0.1, -0.05) is 23.7 Å². The van der Waals surface area contributed by atoms with Gasteiger partial charge in [-0.3, -0.25) is 30.6 Å². The SMILES string of the molecule is Cc1cccc(C(=O)NNC(=O)c2cc([N+](=O)[O-])ccc2Cl)c1O. The smallest absolute Gasteiger partial charge is 0.273 e. The van der Waals surface area contributed by atoms with Gasteiger partial charge in [0.2, 0.25) is 0 Å². The fraction of sp³-hybridized carbons (Fsp3) is 0.0667. The van der Waals surface area contributed by atoms with Gasteiger partial charge in [0.15, 0.2) is 0 Å². The van der Waals surface area contributed by atoms with E-state index in [0.717, 1.165) is 12.1 Å². The number of non-ortho nitro benzene ring substituents is 1. The maximum atomic E-state index is 12.0. The molecule has 2 amide bonds. The standard InChI is InChI=1S/C15H12ClN3O5/c1-8-3-2-4-10(13(8)20)14(21)17-18-15(22)11-7-9(19(23)24)5-6-12(11)16/h2-7,20H,1H3,(H,17,21)(H,18,22). The van der Waals surface area contributed by atoms with E-state index in [0.29, 0.717) is 5.56 Å². The van der Waals surface area contributed by atoms with Gasteiger partial charge in [-0.25, -0.2) is 0 Å². The average Bonchev–Trinajstić information content (AvgIpc) is 2.55. The number of carbonyl (C=O) groups excluding carboxylic acids is 2. The van der Waals surface area contributed by atoms with Crippen molar-refractivity contribution in [1.29, 1.82) is 0 Å². The van der Waals surface area contributed by atoms with Gasteiger partial charge in [0.1, 0.15) is 5.75 Å². The zero-order chi connectivity index (χ0) is 17.9. The van der Waals surface area contributed by atoms with E-state index in [1.807, 2.05) is 0 Å². The minimum absolute atomic E-state index is 0.00856. The van der Waals surface area contributed by atoms with Crippen molar-refractivity contribution in [2.45, 2.75) is 6.92 Å². The lowest BCUT2D eigenvalue weighted by Crippen LogP contribution is -2.41. The van der Waals surface area contributed by atoms with Crippen LogP contribution in [0.4, 0.5) is 5.69 Å². The van der Waals surface area contributed by atoms with Gasteiger partial charge in [0.25, 0.3) is 17.5 Å². The minimum atomic E-state index is -0.829. The average molecular weight is 350 g/mol. The fourth-order valence-corrected chi connectivity index (χ4v) is 2.09. The van der Waals surface area contributed by atoms with E-state index in [4.69, 9.17) is 11.6 Å². The highest BCUT2D eigenvalue weighted by molar-refractivity contribution is 6.34. The van der Waals surface area contributed by atoms with Crippen LogP contribution in [0.2, 0.25) is 5.02 Å². The Morgan fingerprint density at radius 3 is 2.38 bits per heavy atom. The number of nitrogens with one attached hydrogen (secondary N) is 2. The zero-order valence-corrected chi connectivity index (χ0v) is 13.1. The molecule has 124 valence electrons. The number of phenolic OH excluding ortho intramolecular Hbond substituents is 1. The van der Waals surface area contributed by atoms with Crippen LogP contribution in [0.15, 0.2) is 36.4 Å². The Balaban J connectivity index is 2.13. The maximum absolute atomic E-state index is 12.0. The van der Waals surface area contributed by atoms with Crippen molar-refractivity contribution in [3.8, 4) is 5.75 Å². The number of aryl methyl sites for hydroxylation is 1. The van der Waals surface area contributed by atoms with Crippen LogP contribution < -0.4 is 10.9 Å². The number of phenols is 1. The number of para-hydroxylation sites is 1. The highest BCUT2D eigenvalue weighted by Gasteiger charge is 2.18. The van der Waals surface area contributed by atoms with Gasteiger partial charge in [0, 0.05) is 12.1 Å². The third-order valence-electron chi connectivity index (χ3n) is 3.18. The van der Waals surface area contributed by atoms with Crippen molar-refractivity contribution in [2.75, 3.05) is 0 Å². The van der Waals surface area contributed by atoms with Crippen LogP contribution >= 0.6 is 11.6 Å². The van der Waals surface area contributed by atoms with Gasteiger partial charge >= 0.3 is 0 Å². The molecule has 0 fully saturated rings. The summed E-state index contributed by atoms with van der Waals surface area (Å²) in [7, 11) is 0. The number of hydrazine groups is 1. The molecule has 0 spiro atoms. The normalized spacial score (nSPS) is 10.1. The molecule has 2 aromatic rings. The van der Waals surface area contributed by atoms with Crippen molar-refractivity contribution in [1.82, 2.24) is 10.9 Å². The number of hydrogen-bond donors (Lipinski definition) is 3. The molecule has 0 aliphatic rings. The summed E-state index contributed by atoms with van der Waals surface area (Å²) in [6.07, 6.45) is 0. The number of rotatable bonds is 3. The van der Waals surface area contributed by atoms with Gasteiger partial charge in [0.05, 0.1) is 21.1 Å². The first-order chi connectivity index (χ1) is 11.3.